The molecule has 27 heavy (non-hydrogen) atoms. The lowest BCUT2D eigenvalue weighted by Crippen LogP contribution is -2.30. The fourth-order valence-electron chi connectivity index (χ4n) is 3.18. The van der Waals surface area contributed by atoms with Gasteiger partial charge in [-0.2, -0.15) is 0 Å². The van der Waals surface area contributed by atoms with Gasteiger partial charge >= 0.3 is 0 Å². The third kappa shape index (κ3) is 3.39. The summed E-state index contributed by atoms with van der Waals surface area (Å²) < 4.78 is 33.6. The zero-order valence-corrected chi connectivity index (χ0v) is 15.7. The van der Waals surface area contributed by atoms with Crippen LogP contribution in [0.25, 0.3) is 22.3 Å². The Hall–Kier alpha value is -2.55. The van der Waals surface area contributed by atoms with E-state index in [1.54, 1.807) is 32.5 Å². The van der Waals surface area contributed by atoms with Crippen LogP contribution in [0.4, 0.5) is 0 Å². The van der Waals surface area contributed by atoms with Crippen LogP contribution in [0.2, 0.25) is 0 Å². The van der Waals surface area contributed by atoms with E-state index in [0.29, 0.717) is 17.0 Å². The molecule has 0 amide bonds. The number of nitrogens with one attached hydrogen (secondary N) is 1. The van der Waals surface area contributed by atoms with Gasteiger partial charge < -0.3 is 9.47 Å². The molecule has 2 aromatic carbocycles. The number of hydrogen-bond acceptors (Lipinski definition) is 5. The van der Waals surface area contributed by atoms with Gasteiger partial charge in [-0.15, -0.1) is 0 Å². The maximum atomic E-state index is 11.1. The number of aromatic nitrogens is 2. The van der Waals surface area contributed by atoms with Crippen LogP contribution in [0.5, 0.6) is 11.5 Å². The molecule has 1 aliphatic rings. The Labute approximate surface area is 159 Å². The van der Waals surface area contributed by atoms with Crippen molar-refractivity contribution in [3.8, 4) is 22.8 Å². The summed E-state index contributed by atoms with van der Waals surface area (Å²) in [5.74, 6) is 1.21. The highest BCUT2D eigenvalue weighted by molar-refractivity contribution is 7.77. The van der Waals surface area contributed by atoms with Gasteiger partial charge in [0.15, 0.2) is 11.5 Å². The van der Waals surface area contributed by atoms with Crippen LogP contribution in [-0.2, 0) is 16.8 Å². The smallest absolute Gasteiger partial charge is 0.232 e. The predicted molar refractivity (Wildman–Crippen MR) is 103 cm³/mol. The molecule has 0 spiro atoms. The molecule has 2 N–H and O–H groups in total. The maximum absolute atomic E-state index is 11.1. The van der Waals surface area contributed by atoms with Gasteiger partial charge in [0.2, 0.25) is 11.3 Å². The molecule has 3 aromatic rings. The minimum Gasteiger partial charge on any atom is -0.493 e. The average molecular weight is 385 g/mol. The number of nitrogens with zero attached hydrogens (tertiary/aromatic N) is 2. The molecule has 0 saturated heterocycles. The third-order valence-corrected chi connectivity index (χ3v) is 5.38. The fourth-order valence-corrected chi connectivity index (χ4v) is 3.84. The molecule has 0 aliphatic heterocycles. The summed E-state index contributed by atoms with van der Waals surface area (Å²) in [6, 6.07) is 11.4. The lowest BCUT2D eigenvalue weighted by molar-refractivity contribution is 0.355. The van der Waals surface area contributed by atoms with Crippen molar-refractivity contribution in [3.63, 3.8) is 0 Å². The Morgan fingerprint density at radius 2 is 1.70 bits per heavy atom. The maximum Gasteiger partial charge on any atom is 0.232 e. The SMILES string of the molecule is COc1cc2ncc(-c3ccc(C4(NS(=O)O)CC4)cc3)nc2cc1OC. The summed E-state index contributed by atoms with van der Waals surface area (Å²) in [6.45, 7) is 0. The molecule has 7 nitrogen and oxygen atoms in total. The average Bonchev–Trinajstić information content (AvgIpc) is 3.46. The van der Waals surface area contributed by atoms with Crippen molar-refractivity contribution in [2.45, 2.75) is 18.4 Å². The number of hydrogen-bond donors (Lipinski definition) is 2. The Morgan fingerprint density at radius 1 is 1.07 bits per heavy atom. The summed E-state index contributed by atoms with van der Waals surface area (Å²) in [7, 11) is 3.17. The van der Waals surface area contributed by atoms with Crippen LogP contribution in [0.3, 0.4) is 0 Å². The summed E-state index contributed by atoms with van der Waals surface area (Å²) in [5, 5.41) is 0. The monoisotopic (exact) mass is 385 g/mol. The van der Waals surface area contributed by atoms with Gasteiger partial charge in [-0.1, -0.05) is 24.3 Å². The number of fused-ring (bicyclic) bond motifs is 1. The molecular weight excluding hydrogens is 366 g/mol. The lowest BCUT2D eigenvalue weighted by Gasteiger charge is -2.15. The molecule has 8 heteroatoms. The summed E-state index contributed by atoms with van der Waals surface area (Å²) in [5.41, 5.74) is 3.70. The molecule has 0 radical (unpaired) electrons. The molecular formula is C19H19N3O4S. The molecule has 1 unspecified atom stereocenters. The van der Waals surface area contributed by atoms with E-state index in [-0.39, 0.29) is 0 Å². The molecule has 1 heterocycles. The van der Waals surface area contributed by atoms with E-state index >= 15 is 0 Å². The van der Waals surface area contributed by atoms with Crippen molar-refractivity contribution < 1.29 is 18.2 Å². The Bertz CT molecular complexity index is 1020. The minimum atomic E-state index is -2.03. The molecule has 1 saturated carbocycles. The van der Waals surface area contributed by atoms with Gasteiger partial charge in [-0.05, 0) is 18.4 Å². The first kappa shape index (κ1) is 17.8. The van der Waals surface area contributed by atoms with E-state index in [1.165, 1.54) is 0 Å². The Morgan fingerprint density at radius 3 is 2.26 bits per heavy atom. The fraction of sp³-hybridized carbons (Fsp3) is 0.263. The van der Waals surface area contributed by atoms with Crippen molar-refractivity contribution in [2.24, 2.45) is 0 Å². The van der Waals surface area contributed by atoms with E-state index in [4.69, 9.17) is 14.0 Å². The second-order valence-electron chi connectivity index (χ2n) is 6.46. The molecule has 140 valence electrons. The molecule has 1 fully saturated rings. The van der Waals surface area contributed by atoms with E-state index < -0.39 is 16.8 Å². The molecule has 4 rings (SSSR count). The highest BCUT2D eigenvalue weighted by atomic mass is 32.2. The Kier molecular flexibility index (Phi) is 4.55. The molecule has 1 aliphatic carbocycles. The molecule has 1 aromatic heterocycles. The molecule has 0 bridgehead atoms. The second kappa shape index (κ2) is 6.88. The quantitative estimate of drug-likeness (QED) is 0.634. The van der Waals surface area contributed by atoms with Crippen LogP contribution in [0.1, 0.15) is 18.4 Å². The van der Waals surface area contributed by atoms with Crippen LogP contribution >= 0.6 is 0 Å². The first-order chi connectivity index (χ1) is 13.0. The van der Waals surface area contributed by atoms with Crippen molar-refractivity contribution in [1.29, 1.82) is 0 Å². The first-order valence-electron chi connectivity index (χ1n) is 8.43. The van der Waals surface area contributed by atoms with Crippen molar-refractivity contribution in [3.05, 3.63) is 48.2 Å². The van der Waals surface area contributed by atoms with E-state index in [0.717, 1.165) is 35.2 Å². The van der Waals surface area contributed by atoms with Crippen LogP contribution < -0.4 is 14.2 Å². The number of methoxy groups -OCH3 is 2. The zero-order chi connectivity index (χ0) is 19.0. The predicted octanol–water partition coefficient (Wildman–Crippen LogP) is 3.03. The van der Waals surface area contributed by atoms with Crippen molar-refractivity contribution >= 4 is 22.3 Å². The lowest BCUT2D eigenvalue weighted by atomic mass is 10.0. The van der Waals surface area contributed by atoms with Crippen molar-refractivity contribution in [2.75, 3.05) is 14.2 Å². The van der Waals surface area contributed by atoms with Crippen LogP contribution in [-0.4, -0.2) is 32.9 Å². The third-order valence-electron chi connectivity index (χ3n) is 4.81. The first-order valence-corrected chi connectivity index (χ1v) is 9.54. The summed E-state index contributed by atoms with van der Waals surface area (Å²) >= 11 is -2.03. The molecule has 1 atom stereocenters. The largest absolute Gasteiger partial charge is 0.493 e. The summed E-state index contributed by atoms with van der Waals surface area (Å²) in [4.78, 5) is 9.16. The summed E-state index contributed by atoms with van der Waals surface area (Å²) in [6.07, 6.45) is 3.41. The minimum absolute atomic E-state index is 0.392. The van der Waals surface area contributed by atoms with Gasteiger partial charge in [0, 0.05) is 17.7 Å². The van der Waals surface area contributed by atoms with E-state index in [1.807, 2.05) is 24.3 Å². The van der Waals surface area contributed by atoms with Gasteiger partial charge in [0.25, 0.3) is 0 Å². The Balaban J connectivity index is 1.67. The highest BCUT2D eigenvalue weighted by Crippen LogP contribution is 2.46. The second-order valence-corrected chi connectivity index (χ2v) is 7.16. The van der Waals surface area contributed by atoms with Gasteiger partial charge in [-0.25, -0.2) is 13.9 Å². The topological polar surface area (TPSA) is 93.6 Å². The number of benzene rings is 2. The highest BCUT2D eigenvalue weighted by Gasteiger charge is 2.45. The zero-order valence-electron chi connectivity index (χ0n) is 14.9. The normalized spacial score (nSPS) is 16.1. The number of ether oxygens (including phenoxy) is 2. The van der Waals surface area contributed by atoms with Gasteiger partial charge in [-0.3, -0.25) is 9.54 Å². The van der Waals surface area contributed by atoms with Gasteiger partial charge in [0.05, 0.1) is 42.7 Å². The van der Waals surface area contributed by atoms with E-state index in [9.17, 15) is 4.21 Å². The number of rotatable bonds is 6. The van der Waals surface area contributed by atoms with Crippen LogP contribution in [0, 0.1) is 0 Å². The van der Waals surface area contributed by atoms with Gasteiger partial charge in [0.1, 0.15) is 0 Å². The van der Waals surface area contributed by atoms with Crippen molar-refractivity contribution in [1.82, 2.24) is 14.7 Å². The van der Waals surface area contributed by atoms with E-state index in [2.05, 4.69) is 14.7 Å². The van der Waals surface area contributed by atoms with Crippen LogP contribution in [0.15, 0.2) is 42.6 Å². The standard InChI is InChI=1S/C19H19N3O4S/c1-25-17-9-14-15(10-18(17)26-2)21-16(11-20-14)12-3-5-13(6-4-12)19(7-8-19)22-27(23)24/h3-6,9-11,22H,7-8H2,1-2H3,(H,23,24).